The Hall–Kier alpha value is -0.300. The number of hydrogen-bond acceptors (Lipinski definition) is 1. The van der Waals surface area contributed by atoms with Crippen molar-refractivity contribution in [2.45, 2.75) is 38.4 Å². The fourth-order valence-electron chi connectivity index (χ4n) is 1.00. The molecule has 1 aliphatic heterocycles. The molecule has 0 saturated carbocycles. The van der Waals surface area contributed by atoms with Gasteiger partial charge >= 0.3 is 0 Å². The summed E-state index contributed by atoms with van der Waals surface area (Å²) < 4.78 is 5.25. The van der Waals surface area contributed by atoms with Gasteiger partial charge in [-0.15, -0.1) is 6.58 Å². The van der Waals surface area contributed by atoms with Gasteiger partial charge in [0.1, 0.15) is 6.10 Å². The van der Waals surface area contributed by atoms with Crippen LogP contribution < -0.4 is 0 Å². The van der Waals surface area contributed by atoms with Crippen molar-refractivity contribution in [2.75, 3.05) is 0 Å². The average Bonchev–Trinajstić information content (AvgIpc) is 2.62. The summed E-state index contributed by atoms with van der Waals surface area (Å²) in [6.45, 7) is 5.86. The van der Waals surface area contributed by atoms with Gasteiger partial charge in [0.05, 0.1) is 6.10 Å². The third kappa shape index (κ3) is 1.83. The zero-order valence-electron chi connectivity index (χ0n) is 5.97. The molecule has 0 N–H and O–H groups in total. The predicted octanol–water partition coefficient (Wildman–Crippen LogP) is 2.13. The van der Waals surface area contributed by atoms with E-state index in [9.17, 15) is 0 Å². The second kappa shape index (κ2) is 3.02. The molecule has 1 aliphatic rings. The molecule has 0 aromatic rings. The van der Waals surface area contributed by atoms with Crippen LogP contribution in [0.1, 0.15) is 26.2 Å². The minimum Gasteiger partial charge on any atom is -0.365 e. The first-order valence-corrected chi connectivity index (χ1v) is 3.66. The van der Waals surface area contributed by atoms with Crippen LogP contribution in [-0.2, 0) is 4.74 Å². The molecule has 0 aromatic heterocycles. The summed E-state index contributed by atoms with van der Waals surface area (Å²) in [5, 5.41) is 0. The van der Waals surface area contributed by atoms with Crippen LogP contribution in [0.3, 0.4) is 0 Å². The van der Waals surface area contributed by atoms with E-state index in [0.29, 0.717) is 12.2 Å². The molecule has 0 aromatic carbocycles. The van der Waals surface area contributed by atoms with Crippen molar-refractivity contribution >= 4 is 0 Å². The minimum absolute atomic E-state index is 0.386. The van der Waals surface area contributed by atoms with E-state index in [0.717, 1.165) is 0 Å². The summed E-state index contributed by atoms with van der Waals surface area (Å²) in [6.07, 6.45) is 6.56. The van der Waals surface area contributed by atoms with Crippen LogP contribution in [0.2, 0.25) is 0 Å². The van der Waals surface area contributed by atoms with E-state index < -0.39 is 0 Å². The van der Waals surface area contributed by atoms with Crippen molar-refractivity contribution in [1.82, 2.24) is 0 Å². The Morgan fingerprint density at radius 2 is 2.44 bits per heavy atom. The topological polar surface area (TPSA) is 12.5 Å². The Bertz CT molecular complexity index is 98.7. The lowest BCUT2D eigenvalue weighted by molar-refractivity contribution is 0.375. The number of hydrogen-bond donors (Lipinski definition) is 0. The molecule has 2 unspecified atom stereocenters. The molecule has 1 rings (SSSR count). The Morgan fingerprint density at radius 3 is 2.89 bits per heavy atom. The maximum absolute atomic E-state index is 5.25. The normalized spacial score (nSPS) is 32.1. The average molecular weight is 126 g/mol. The quantitative estimate of drug-likeness (QED) is 0.415. The van der Waals surface area contributed by atoms with Crippen molar-refractivity contribution in [3.8, 4) is 0 Å². The van der Waals surface area contributed by atoms with Gasteiger partial charge in [-0.1, -0.05) is 25.8 Å². The summed E-state index contributed by atoms with van der Waals surface area (Å²) >= 11 is 0. The third-order valence-electron chi connectivity index (χ3n) is 1.70. The van der Waals surface area contributed by atoms with Gasteiger partial charge in [-0.05, 0) is 6.42 Å². The maximum Gasteiger partial charge on any atom is 0.102 e. The van der Waals surface area contributed by atoms with Gasteiger partial charge in [0.2, 0.25) is 0 Å². The first kappa shape index (κ1) is 6.81. The molecule has 52 valence electrons. The summed E-state index contributed by atoms with van der Waals surface area (Å²) in [7, 11) is 0. The van der Waals surface area contributed by atoms with Crippen LogP contribution in [0.4, 0.5) is 0 Å². The highest BCUT2D eigenvalue weighted by molar-refractivity contribution is 4.97. The Balaban J connectivity index is 1.98. The summed E-state index contributed by atoms with van der Waals surface area (Å²) in [5.74, 6) is 0. The van der Waals surface area contributed by atoms with Crippen LogP contribution in [0.15, 0.2) is 12.7 Å². The van der Waals surface area contributed by atoms with Crippen molar-refractivity contribution < 1.29 is 4.74 Å². The second-order valence-corrected chi connectivity index (χ2v) is 2.52. The molecule has 1 fully saturated rings. The lowest BCUT2D eigenvalue weighted by Crippen LogP contribution is -1.88. The molecule has 9 heavy (non-hydrogen) atoms. The summed E-state index contributed by atoms with van der Waals surface area (Å²) in [6, 6.07) is 0. The lowest BCUT2D eigenvalue weighted by Gasteiger charge is -1.87. The fraction of sp³-hybridized carbons (Fsp3) is 0.750. The highest BCUT2D eigenvalue weighted by Crippen LogP contribution is 2.27. The van der Waals surface area contributed by atoms with E-state index in [1.54, 1.807) is 0 Å². The molecular weight excluding hydrogens is 112 g/mol. The van der Waals surface area contributed by atoms with Crippen LogP contribution in [0.25, 0.3) is 0 Å². The standard InChI is InChI=1S/C8H14O/c1-3-5-6-8-7(4-2)9-8/h4,7-8H,2-3,5-6H2,1H3. The van der Waals surface area contributed by atoms with Gasteiger partial charge in [0, 0.05) is 0 Å². The van der Waals surface area contributed by atoms with Crippen LogP contribution in [0, 0.1) is 0 Å². The number of rotatable bonds is 4. The summed E-state index contributed by atoms with van der Waals surface area (Å²) in [5.41, 5.74) is 0. The molecule has 0 radical (unpaired) electrons. The van der Waals surface area contributed by atoms with E-state index in [-0.39, 0.29) is 0 Å². The number of ether oxygens (including phenoxy) is 1. The van der Waals surface area contributed by atoms with Gasteiger partial charge in [-0.25, -0.2) is 0 Å². The van der Waals surface area contributed by atoms with Gasteiger partial charge in [-0.2, -0.15) is 0 Å². The molecule has 0 aliphatic carbocycles. The van der Waals surface area contributed by atoms with E-state index in [4.69, 9.17) is 4.74 Å². The van der Waals surface area contributed by atoms with Crippen LogP contribution in [-0.4, -0.2) is 12.2 Å². The molecule has 0 amide bonds. The Labute approximate surface area is 56.7 Å². The molecular formula is C8H14O. The zero-order valence-corrected chi connectivity index (χ0v) is 5.97. The fourth-order valence-corrected chi connectivity index (χ4v) is 1.00. The second-order valence-electron chi connectivity index (χ2n) is 2.52. The van der Waals surface area contributed by atoms with Crippen molar-refractivity contribution in [1.29, 1.82) is 0 Å². The zero-order chi connectivity index (χ0) is 6.69. The number of epoxide rings is 1. The lowest BCUT2D eigenvalue weighted by atomic mass is 10.2. The molecule has 2 atom stereocenters. The largest absolute Gasteiger partial charge is 0.365 e. The van der Waals surface area contributed by atoms with E-state index >= 15 is 0 Å². The molecule has 0 bridgehead atoms. The molecule has 0 spiro atoms. The SMILES string of the molecule is C=CC1OC1CCCC. The minimum atomic E-state index is 0.386. The molecule has 1 heteroatoms. The Kier molecular flexibility index (Phi) is 2.29. The smallest absolute Gasteiger partial charge is 0.102 e. The van der Waals surface area contributed by atoms with Gasteiger partial charge < -0.3 is 4.74 Å². The first-order valence-electron chi connectivity index (χ1n) is 3.66. The van der Waals surface area contributed by atoms with Crippen LogP contribution in [0.5, 0.6) is 0 Å². The van der Waals surface area contributed by atoms with E-state index in [2.05, 4.69) is 13.5 Å². The first-order chi connectivity index (χ1) is 4.38. The molecule has 1 heterocycles. The third-order valence-corrected chi connectivity index (χ3v) is 1.70. The molecule has 1 nitrogen and oxygen atoms in total. The van der Waals surface area contributed by atoms with Crippen molar-refractivity contribution in [2.24, 2.45) is 0 Å². The monoisotopic (exact) mass is 126 g/mol. The van der Waals surface area contributed by atoms with E-state index in [1.807, 2.05) is 6.08 Å². The number of unbranched alkanes of at least 4 members (excludes halogenated alkanes) is 1. The van der Waals surface area contributed by atoms with Gasteiger partial charge in [0.25, 0.3) is 0 Å². The van der Waals surface area contributed by atoms with Gasteiger partial charge in [0.15, 0.2) is 0 Å². The highest BCUT2D eigenvalue weighted by Gasteiger charge is 2.34. The van der Waals surface area contributed by atoms with Crippen molar-refractivity contribution in [3.05, 3.63) is 12.7 Å². The predicted molar refractivity (Wildman–Crippen MR) is 38.4 cm³/mol. The Morgan fingerprint density at radius 1 is 1.67 bits per heavy atom. The summed E-state index contributed by atoms with van der Waals surface area (Å²) in [4.78, 5) is 0. The highest BCUT2D eigenvalue weighted by atomic mass is 16.6. The molecule has 1 saturated heterocycles. The van der Waals surface area contributed by atoms with Gasteiger partial charge in [-0.3, -0.25) is 0 Å². The van der Waals surface area contributed by atoms with Crippen LogP contribution >= 0.6 is 0 Å². The van der Waals surface area contributed by atoms with Crippen molar-refractivity contribution in [3.63, 3.8) is 0 Å². The maximum atomic E-state index is 5.25. The van der Waals surface area contributed by atoms with E-state index in [1.165, 1.54) is 19.3 Å².